The number of pyridine rings is 1. The topological polar surface area (TPSA) is 59.4 Å². The largest absolute Gasteiger partial charge is 0.488 e. The van der Waals surface area contributed by atoms with E-state index in [1.165, 1.54) is 30.3 Å². The molecule has 1 aromatic heterocycles. The maximum atomic E-state index is 14.1. The number of aromatic nitrogens is 1. The Hall–Kier alpha value is -3.25. The highest BCUT2D eigenvalue weighted by Gasteiger charge is 2.23. The Labute approximate surface area is 182 Å². The molecule has 0 spiro atoms. The van der Waals surface area contributed by atoms with E-state index in [4.69, 9.17) is 16.3 Å². The molecule has 7 heteroatoms. The van der Waals surface area contributed by atoms with Crippen molar-refractivity contribution < 1.29 is 23.4 Å². The van der Waals surface area contributed by atoms with Gasteiger partial charge in [-0.25, -0.2) is 18.6 Å². The zero-order valence-electron chi connectivity index (χ0n) is 16.4. The van der Waals surface area contributed by atoms with Gasteiger partial charge in [0.2, 0.25) is 0 Å². The average Bonchev–Trinajstić information content (AvgIpc) is 3.23. The van der Waals surface area contributed by atoms with Gasteiger partial charge in [-0.2, -0.15) is 0 Å². The fraction of sp³-hybridized carbons (Fsp3) is 0.167. The summed E-state index contributed by atoms with van der Waals surface area (Å²) >= 11 is 6.09. The van der Waals surface area contributed by atoms with E-state index in [2.05, 4.69) is 4.98 Å². The first-order valence-electron chi connectivity index (χ1n) is 9.72. The van der Waals surface area contributed by atoms with Crippen LogP contribution < -0.4 is 4.74 Å². The van der Waals surface area contributed by atoms with Gasteiger partial charge in [0.1, 0.15) is 29.7 Å². The number of ether oxygens (including phenoxy) is 1. The summed E-state index contributed by atoms with van der Waals surface area (Å²) in [6, 6.07) is 13.2. The molecule has 3 aromatic rings. The minimum Gasteiger partial charge on any atom is -0.488 e. The zero-order valence-corrected chi connectivity index (χ0v) is 17.1. The van der Waals surface area contributed by atoms with Crippen LogP contribution in [-0.2, 0) is 6.61 Å². The van der Waals surface area contributed by atoms with E-state index in [9.17, 15) is 18.7 Å². The minimum atomic E-state index is -1.10. The van der Waals surface area contributed by atoms with Crippen molar-refractivity contribution in [3.63, 3.8) is 0 Å². The molecule has 0 bridgehead atoms. The second-order valence-corrected chi connectivity index (χ2v) is 7.60. The summed E-state index contributed by atoms with van der Waals surface area (Å²) in [5.41, 5.74) is 3.46. The molecule has 1 aliphatic rings. The van der Waals surface area contributed by atoms with Gasteiger partial charge in [0, 0.05) is 11.1 Å². The molecule has 1 heterocycles. The monoisotopic (exact) mass is 441 g/mol. The summed E-state index contributed by atoms with van der Waals surface area (Å²) < 4.78 is 33.4. The van der Waals surface area contributed by atoms with Gasteiger partial charge in [-0.05, 0) is 72.9 Å². The van der Waals surface area contributed by atoms with Crippen LogP contribution in [0.25, 0.3) is 11.1 Å². The number of carbonyl (C=O) groups is 1. The third kappa shape index (κ3) is 4.59. The van der Waals surface area contributed by atoms with E-state index in [1.54, 1.807) is 24.3 Å². The highest BCUT2D eigenvalue weighted by Crippen LogP contribution is 2.42. The molecule has 31 heavy (non-hydrogen) atoms. The normalized spacial score (nSPS) is 13.5. The number of hydrogen-bond acceptors (Lipinski definition) is 3. The second kappa shape index (κ2) is 8.86. The second-order valence-electron chi connectivity index (χ2n) is 7.19. The lowest BCUT2D eigenvalue weighted by molar-refractivity contribution is 0.0690. The standard InChI is InChI=1S/C24H18ClF2NO3/c25-20-12-16(27)8-7-14(20)13-31-23-10-9-15(26)11-19(23)17-3-1-4-18(17)21-5-2-6-22(28-21)24(29)30/h2,5-12H,1,3-4,13H2,(H,29,30). The summed E-state index contributed by atoms with van der Waals surface area (Å²) in [6.07, 6.45) is 2.22. The van der Waals surface area contributed by atoms with Crippen LogP contribution in [0.2, 0.25) is 5.02 Å². The van der Waals surface area contributed by atoms with E-state index >= 15 is 0 Å². The number of hydrogen-bond donors (Lipinski definition) is 1. The van der Waals surface area contributed by atoms with E-state index in [0.29, 0.717) is 35.4 Å². The number of nitrogens with zero attached hydrogens (tertiary/aromatic N) is 1. The molecule has 0 radical (unpaired) electrons. The molecule has 4 rings (SSSR count). The van der Waals surface area contributed by atoms with Crippen molar-refractivity contribution in [2.75, 3.05) is 0 Å². The lowest BCUT2D eigenvalue weighted by Crippen LogP contribution is -2.03. The lowest BCUT2D eigenvalue weighted by Gasteiger charge is -2.15. The van der Waals surface area contributed by atoms with Crippen molar-refractivity contribution >= 4 is 28.7 Å². The third-order valence-corrected chi connectivity index (χ3v) is 5.51. The number of allylic oxidation sites excluding steroid dienone is 2. The maximum absolute atomic E-state index is 14.1. The molecule has 0 fully saturated rings. The molecule has 4 nitrogen and oxygen atoms in total. The van der Waals surface area contributed by atoms with Gasteiger partial charge < -0.3 is 9.84 Å². The summed E-state index contributed by atoms with van der Waals surface area (Å²) in [5.74, 6) is -1.49. The Balaban J connectivity index is 1.71. The molecule has 1 N–H and O–H groups in total. The van der Waals surface area contributed by atoms with Crippen molar-refractivity contribution in [1.82, 2.24) is 4.98 Å². The number of aromatic carboxylic acids is 1. The molecule has 0 atom stereocenters. The first-order valence-corrected chi connectivity index (χ1v) is 10.1. The fourth-order valence-electron chi connectivity index (χ4n) is 3.70. The van der Waals surface area contributed by atoms with Crippen LogP contribution in [0.15, 0.2) is 54.6 Å². The van der Waals surface area contributed by atoms with Gasteiger partial charge in [0.15, 0.2) is 0 Å². The minimum absolute atomic E-state index is 0.0436. The number of carboxylic acid groups (broad SMARTS) is 1. The molecule has 158 valence electrons. The summed E-state index contributed by atoms with van der Waals surface area (Å²) in [6.45, 7) is 0.0904. The van der Waals surface area contributed by atoms with Gasteiger partial charge in [-0.1, -0.05) is 23.7 Å². The molecule has 0 saturated heterocycles. The molecule has 0 amide bonds. The number of rotatable bonds is 6. The smallest absolute Gasteiger partial charge is 0.354 e. The first-order chi connectivity index (χ1) is 14.9. The first kappa shape index (κ1) is 21.0. The van der Waals surface area contributed by atoms with Gasteiger partial charge in [0.25, 0.3) is 0 Å². The van der Waals surface area contributed by atoms with E-state index in [-0.39, 0.29) is 17.3 Å². The molecule has 0 unspecified atom stereocenters. The molecular formula is C24H18ClF2NO3. The molecule has 0 aliphatic heterocycles. The van der Waals surface area contributed by atoms with Crippen LogP contribution in [-0.4, -0.2) is 16.1 Å². The van der Waals surface area contributed by atoms with Crippen molar-refractivity contribution in [3.05, 3.63) is 93.8 Å². The molecule has 0 saturated carbocycles. The van der Waals surface area contributed by atoms with Crippen molar-refractivity contribution in [3.8, 4) is 5.75 Å². The highest BCUT2D eigenvalue weighted by atomic mass is 35.5. The third-order valence-electron chi connectivity index (χ3n) is 5.16. The quantitative estimate of drug-likeness (QED) is 0.481. The van der Waals surface area contributed by atoms with Crippen LogP contribution >= 0.6 is 11.6 Å². The highest BCUT2D eigenvalue weighted by molar-refractivity contribution is 6.31. The predicted octanol–water partition coefficient (Wildman–Crippen LogP) is 6.39. The average molecular weight is 442 g/mol. The van der Waals surface area contributed by atoms with Gasteiger partial charge in [0.05, 0.1) is 10.7 Å². The van der Waals surface area contributed by atoms with Crippen molar-refractivity contribution in [2.24, 2.45) is 0 Å². The Bertz CT molecular complexity index is 1190. The van der Waals surface area contributed by atoms with Gasteiger partial charge in [-0.3, -0.25) is 0 Å². The SMILES string of the molecule is O=C(O)c1cccc(C2=C(c3cc(F)ccc3OCc3ccc(F)cc3Cl)CCC2)n1. The van der Waals surface area contributed by atoms with Crippen LogP contribution in [0.3, 0.4) is 0 Å². The van der Waals surface area contributed by atoms with Gasteiger partial charge in [-0.15, -0.1) is 0 Å². The summed E-state index contributed by atoms with van der Waals surface area (Å²) in [7, 11) is 0. The predicted molar refractivity (Wildman–Crippen MR) is 114 cm³/mol. The van der Waals surface area contributed by atoms with E-state index in [1.807, 2.05) is 0 Å². The molecular weight excluding hydrogens is 424 g/mol. The van der Waals surface area contributed by atoms with Crippen molar-refractivity contribution in [1.29, 1.82) is 0 Å². The Morgan fingerprint density at radius 2 is 1.77 bits per heavy atom. The Kier molecular flexibility index (Phi) is 6.00. The summed E-state index contributed by atoms with van der Waals surface area (Å²) in [5, 5.41) is 9.50. The molecule has 1 aliphatic carbocycles. The number of carboxylic acids is 1. The lowest BCUT2D eigenvalue weighted by atomic mass is 9.98. The molecule has 2 aromatic carbocycles. The van der Waals surface area contributed by atoms with Crippen LogP contribution in [0.5, 0.6) is 5.75 Å². The number of halogens is 3. The van der Waals surface area contributed by atoms with Gasteiger partial charge >= 0.3 is 5.97 Å². The summed E-state index contributed by atoms with van der Waals surface area (Å²) in [4.78, 5) is 15.6. The van der Waals surface area contributed by atoms with Crippen LogP contribution in [0, 0.1) is 11.6 Å². The Morgan fingerprint density at radius 3 is 2.55 bits per heavy atom. The maximum Gasteiger partial charge on any atom is 0.354 e. The zero-order chi connectivity index (χ0) is 22.0. The van der Waals surface area contributed by atoms with E-state index < -0.39 is 17.6 Å². The van der Waals surface area contributed by atoms with E-state index in [0.717, 1.165) is 17.6 Å². The fourth-order valence-corrected chi connectivity index (χ4v) is 3.93. The van der Waals surface area contributed by atoms with Crippen LogP contribution in [0.1, 0.15) is 46.6 Å². The van der Waals surface area contributed by atoms with Crippen molar-refractivity contribution in [2.45, 2.75) is 25.9 Å². The number of benzene rings is 2. The Morgan fingerprint density at radius 1 is 1.03 bits per heavy atom. The van der Waals surface area contributed by atoms with Crippen LogP contribution in [0.4, 0.5) is 8.78 Å².